The Kier molecular flexibility index (Phi) is 11.4. The normalized spacial score (nSPS) is 15.8. The molecule has 26 heavy (non-hydrogen) atoms. The molecule has 0 heterocycles. The number of carboxylic acids is 2. The number of ketones is 1. The van der Waals surface area contributed by atoms with Gasteiger partial charge in [0.05, 0.1) is 10.8 Å². The van der Waals surface area contributed by atoms with Crippen LogP contribution in [0.5, 0.6) is 0 Å². The molecule has 0 bridgehead atoms. The Morgan fingerprint density at radius 3 is 1.27 bits per heavy atom. The number of hydrogen-bond donors (Lipinski definition) is 2. The van der Waals surface area contributed by atoms with Gasteiger partial charge >= 0.3 is 11.9 Å². The van der Waals surface area contributed by atoms with Crippen molar-refractivity contribution in [1.29, 1.82) is 0 Å². The molecule has 0 radical (unpaired) electrons. The lowest BCUT2D eigenvalue weighted by Crippen LogP contribution is -2.35. The number of unbranched alkanes of at least 4 members (excludes halogenated alkanes) is 6. The second-order valence-corrected chi connectivity index (χ2v) is 8.25. The lowest BCUT2D eigenvalue weighted by atomic mass is 9.74. The van der Waals surface area contributed by atoms with Crippen LogP contribution in [0.3, 0.4) is 0 Å². The third kappa shape index (κ3) is 8.81. The van der Waals surface area contributed by atoms with Crippen LogP contribution in [0.1, 0.15) is 105 Å². The van der Waals surface area contributed by atoms with Crippen molar-refractivity contribution >= 4 is 17.7 Å². The van der Waals surface area contributed by atoms with E-state index in [1.54, 1.807) is 13.8 Å². The SMILES string of the molecule is CCCCCCC(C)(CC(=O)CC(C)(CCCCCC)C(=O)O)C(=O)O. The molecule has 5 nitrogen and oxygen atoms in total. The Morgan fingerprint density at radius 2 is 1.00 bits per heavy atom. The molecule has 0 spiro atoms. The van der Waals surface area contributed by atoms with Crippen molar-refractivity contribution in [3.05, 3.63) is 0 Å². The molecular weight excluding hydrogens is 332 g/mol. The van der Waals surface area contributed by atoms with Gasteiger partial charge in [-0.3, -0.25) is 14.4 Å². The van der Waals surface area contributed by atoms with Crippen LogP contribution in [0, 0.1) is 10.8 Å². The highest BCUT2D eigenvalue weighted by molar-refractivity contribution is 5.89. The average molecular weight is 371 g/mol. The Bertz CT molecular complexity index is 419. The van der Waals surface area contributed by atoms with E-state index in [1.165, 1.54) is 0 Å². The summed E-state index contributed by atoms with van der Waals surface area (Å²) < 4.78 is 0. The van der Waals surface area contributed by atoms with Crippen molar-refractivity contribution in [1.82, 2.24) is 0 Å². The van der Waals surface area contributed by atoms with Crippen LogP contribution in [-0.2, 0) is 14.4 Å². The maximum atomic E-state index is 12.5. The van der Waals surface area contributed by atoms with Gasteiger partial charge < -0.3 is 10.2 Å². The van der Waals surface area contributed by atoms with Crippen molar-refractivity contribution < 1.29 is 24.6 Å². The number of Topliss-reactive ketones (excluding diaryl/α,β-unsaturated/α-hetero) is 1. The fourth-order valence-corrected chi connectivity index (χ4v) is 3.36. The van der Waals surface area contributed by atoms with Crippen LogP contribution in [0.25, 0.3) is 0 Å². The number of rotatable bonds is 16. The maximum absolute atomic E-state index is 12.5. The van der Waals surface area contributed by atoms with Crippen LogP contribution in [0.2, 0.25) is 0 Å². The fourth-order valence-electron chi connectivity index (χ4n) is 3.36. The molecule has 0 saturated heterocycles. The predicted molar refractivity (Wildman–Crippen MR) is 103 cm³/mol. The topological polar surface area (TPSA) is 91.7 Å². The van der Waals surface area contributed by atoms with Gasteiger partial charge in [0.25, 0.3) is 0 Å². The second-order valence-electron chi connectivity index (χ2n) is 8.25. The first-order chi connectivity index (χ1) is 12.1. The zero-order valence-corrected chi connectivity index (χ0v) is 17.1. The molecule has 0 aliphatic carbocycles. The molecular formula is C21H38O5. The Labute approximate surface area is 158 Å². The molecule has 2 N–H and O–H groups in total. The van der Waals surface area contributed by atoms with Crippen LogP contribution < -0.4 is 0 Å². The summed E-state index contributed by atoms with van der Waals surface area (Å²) in [6, 6.07) is 0. The van der Waals surface area contributed by atoms with Gasteiger partial charge in [-0.1, -0.05) is 65.2 Å². The van der Waals surface area contributed by atoms with E-state index in [0.717, 1.165) is 51.4 Å². The van der Waals surface area contributed by atoms with E-state index in [-0.39, 0.29) is 18.6 Å². The van der Waals surface area contributed by atoms with E-state index < -0.39 is 22.8 Å². The number of carbonyl (C=O) groups is 3. The fraction of sp³-hybridized carbons (Fsp3) is 0.857. The molecule has 5 heteroatoms. The molecule has 0 aliphatic heterocycles. The predicted octanol–water partition coefficient (Wildman–Crippen LogP) is 5.46. The molecule has 0 rings (SSSR count). The van der Waals surface area contributed by atoms with Crippen molar-refractivity contribution in [3.63, 3.8) is 0 Å². The van der Waals surface area contributed by atoms with E-state index in [2.05, 4.69) is 13.8 Å². The highest BCUT2D eigenvalue weighted by Crippen LogP contribution is 2.35. The van der Waals surface area contributed by atoms with E-state index in [0.29, 0.717) is 12.8 Å². The van der Waals surface area contributed by atoms with Gasteiger partial charge in [0.1, 0.15) is 5.78 Å². The van der Waals surface area contributed by atoms with Crippen LogP contribution in [-0.4, -0.2) is 27.9 Å². The minimum absolute atomic E-state index is 0.0910. The highest BCUT2D eigenvalue weighted by Gasteiger charge is 2.39. The van der Waals surface area contributed by atoms with E-state index in [1.807, 2.05) is 0 Å². The minimum atomic E-state index is -1.10. The van der Waals surface area contributed by atoms with Crippen molar-refractivity contribution in [2.45, 2.75) is 105 Å². The first kappa shape index (κ1) is 24.6. The molecule has 0 aromatic carbocycles. The van der Waals surface area contributed by atoms with Gasteiger partial charge in [-0.15, -0.1) is 0 Å². The summed E-state index contributed by atoms with van der Waals surface area (Å²) in [6.07, 6.45) is 8.43. The summed E-state index contributed by atoms with van der Waals surface area (Å²) in [7, 11) is 0. The van der Waals surface area contributed by atoms with E-state index in [9.17, 15) is 24.6 Å². The van der Waals surface area contributed by atoms with Gasteiger partial charge in [-0.05, 0) is 26.7 Å². The molecule has 2 unspecified atom stereocenters. The third-order valence-corrected chi connectivity index (χ3v) is 5.37. The highest BCUT2D eigenvalue weighted by atomic mass is 16.4. The van der Waals surface area contributed by atoms with Crippen LogP contribution in [0.15, 0.2) is 0 Å². The first-order valence-corrected chi connectivity index (χ1v) is 10.1. The van der Waals surface area contributed by atoms with Gasteiger partial charge in [0.2, 0.25) is 0 Å². The second kappa shape index (κ2) is 12.1. The number of aliphatic carboxylic acids is 2. The van der Waals surface area contributed by atoms with Gasteiger partial charge in [0.15, 0.2) is 0 Å². The lowest BCUT2D eigenvalue weighted by Gasteiger charge is -2.28. The van der Waals surface area contributed by atoms with Crippen molar-refractivity contribution in [2.24, 2.45) is 10.8 Å². The number of carbonyl (C=O) groups excluding carboxylic acids is 1. The molecule has 0 fully saturated rings. The molecule has 2 atom stereocenters. The van der Waals surface area contributed by atoms with Crippen LogP contribution in [0.4, 0.5) is 0 Å². The largest absolute Gasteiger partial charge is 0.481 e. The summed E-state index contributed by atoms with van der Waals surface area (Å²) in [6.45, 7) is 7.40. The Morgan fingerprint density at radius 1 is 0.654 bits per heavy atom. The van der Waals surface area contributed by atoms with Gasteiger partial charge in [0, 0.05) is 12.8 Å². The zero-order valence-electron chi connectivity index (χ0n) is 17.1. The Hall–Kier alpha value is -1.39. The minimum Gasteiger partial charge on any atom is -0.481 e. The number of hydrogen-bond acceptors (Lipinski definition) is 3. The quantitative estimate of drug-likeness (QED) is 0.352. The summed E-state index contributed by atoms with van der Waals surface area (Å²) in [5, 5.41) is 19.2. The molecule has 152 valence electrons. The molecule has 0 aliphatic rings. The zero-order chi connectivity index (χ0) is 20.2. The summed E-state index contributed by atoms with van der Waals surface area (Å²) in [5.74, 6) is -2.20. The monoisotopic (exact) mass is 370 g/mol. The summed E-state index contributed by atoms with van der Waals surface area (Å²) in [4.78, 5) is 35.9. The number of carboxylic acid groups (broad SMARTS) is 2. The standard InChI is InChI=1S/C21H38O5/c1-5-7-9-11-13-20(3,18(23)24)15-17(22)16-21(4,19(25)26)14-12-10-8-6-2/h5-16H2,1-4H3,(H,23,24)(H,25,26). The van der Waals surface area contributed by atoms with E-state index >= 15 is 0 Å². The summed E-state index contributed by atoms with van der Waals surface area (Å²) in [5.41, 5.74) is -2.21. The third-order valence-electron chi connectivity index (χ3n) is 5.37. The lowest BCUT2D eigenvalue weighted by molar-refractivity contribution is -0.153. The van der Waals surface area contributed by atoms with E-state index in [4.69, 9.17) is 0 Å². The smallest absolute Gasteiger partial charge is 0.309 e. The molecule has 0 aromatic rings. The van der Waals surface area contributed by atoms with Gasteiger partial charge in [-0.2, -0.15) is 0 Å². The molecule has 0 amide bonds. The van der Waals surface area contributed by atoms with Crippen molar-refractivity contribution in [2.75, 3.05) is 0 Å². The molecule has 0 saturated carbocycles. The molecule has 0 aromatic heterocycles. The average Bonchev–Trinajstić information content (AvgIpc) is 2.55. The van der Waals surface area contributed by atoms with Crippen LogP contribution >= 0.6 is 0 Å². The summed E-state index contributed by atoms with van der Waals surface area (Å²) >= 11 is 0. The van der Waals surface area contributed by atoms with Gasteiger partial charge in [-0.25, -0.2) is 0 Å². The Balaban J connectivity index is 4.83. The first-order valence-electron chi connectivity index (χ1n) is 10.1. The maximum Gasteiger partial charge on any atom is 0.309 e. The van der Waals surface area contributed by atoms with Crippen molar-refractivity contribution in [3.8, 4) is 0 Å².